The van der Waals surface area contributed by atoms with E-state index in [0.717, 1.165) is 24.6 Å². The topological polar surface area (TPSA) is 51.5 Å². The van der Waals surface area contributed by atoms with E-state index in [9.17, 15) is 0 Å². The van der Waals surface area contributed by atoms with Gasteiger partial charge in [-0.15, -0.1) is 0 Å². The van der Waals surface area contributed by atoms with E-state index in [1.165, 1.54) is 0 Å². The number of ether oxygens (including phenoxy) is 1. The minimum Gasteiger partial charge on any atom is -0.468 e. The Balaban J connectivity index is 1.97. The van der Waals surface area contributed by atoms with Crippen LogP contribution in [0.25, 0.3) is 5.65 Å². The molecule has 1 N–H and O–H groups in total. The van der Waals surface area contributed by atoms with E-state index < -0.39 is 0 Å². The van der Waals surface area contributed by atoms with Gasteiger partial charge in [-0.25, -0.2) is 4.98 Å². The summed E-state index contributed by atoms with van der Waals surface area (Å²) in [6.07, 6.45) is 7.03. The summed E-state index contributed by atoms with van der Waals surface area (Å²) in [6.45, 7) is 3.85. The van der Waals surface area contributed by atoms with Crippen LogP contribution in [0.15, 0.2) is 24.8 Å². The fourth-order valence-electron chi connectivity index (χ4n) is 1.70. The Morgan fingerprint density at radius 3 is 3.07 bits per heavy atom. The second-order valence-corrected chi connectivity index (χ2v) is 4.06. The number of nitrogens with zero attached hydrogens (tertiary/aromatic N) is 3. The van der Waals surface area contributed by atoms with Crippen molar-refractivity contribution in [3.05, 3.63) is 24.8 Å². The molecule has 0 unspecified atom stereocenters. The lowest BCUT2D eigenvalue weighted by Gasteiger charge is -2.38. The summed E-state index contributed by atoms with van der Waals surface area (Å²) in [4.78, 5) is 8.22. The third-order valence-corrected chi connectivity index (χ3v) is 2.63. The maximum Gasteiger partial charge on any atom is 0.219 e. The van der Waals surface area contributed by atoms with E-state index in [1.807, 2.05) is 10.6 Å². The smallest absolute Gasteiger partial charge is 0.219 e. The average molecular weight is 204 g/mol. The standard InChI is InChI=1S/C10H12N4O/c1-10(6-12-7-10)15-9-5-13-8-4-11-2-3-14(8)9/h2-5,12H,6-7H2,1H3. The Hall–Kier alpha value is -1.62. The zero-order valence-corrected chi connectivity index (χ0v) is 8.47. The second-order valence-electron chi connectivity index (χ2n) is 4.06. The highest BCUT2D eigenvalue weighted by molar-refractivity contribution is 5.39. The first-order valence-corrected chi connectivity index (χ1v) is 4.94. The van der Waals surface area contributed by atoms with E-state index >= 15 is 0 Å². The molecule has 2 aromatic heterocycles. The van der Waals surface area contributed by atoms with Crippen LogP contribution in [0, 0.1) is 0 Å². The van der Waals surface area contributed by atoms with Crippen molar-refractivity contribution >= 4 is 5.65 Å². The summed E-state index contributed by atoms with van der Waals surface area (Å²) in [5, 5.41) is 3.20. The highest BCUT2D eigenvalue weighted by atomic mass is 16.5. The molecule has 0 atom stereocenters. The summed E-state index contributed by atoms with van der Waals surface area (Å²) >= 11 is 0. The molecule has 0 bridgehead atoms. The highest BCUT2D eigenvalue weighted by Gasteiger charge is 2.34. The maximum absolute atomic E-state index is 5.90. The molecular weight excluding hydrogens is 192 g/mol. The molecule has 1 fully saturated rings. The summed E-state index contributed by atoms with van der Waals surface area (Å²) in [7, 11) is 0. The number of nitrogens with one attached hydrogen (secondary N) is 1. The maximum atomic E-state index is 5.90. The normalized spacial score (nSPS) is 18.7. The zero-order chi connectivity index (χ0) is 10.3. The van der Waals surface area contributed by atoms with Gasteiger partial charge in [0.15, 0.2) is 5.65 Å². The lowest BCUT2D eigenvalue weighted by molar-refractivity contribution is 0.0296. The Morgan fingerprint density at radius 1 is 1.47 bits per heavy atom. The number of hydrogen-bond acceptors (Lipinski definition) is 4. The highest BCUT2D eigenvalue weighted by Crippen LogP contribution is 2.22. The van der Waals surface area contributed by atoms with Crippen LogP contribution in [0.2, 0.25) is 0 Å². The van der Waals surface area contributed by atoms with E-state index in [-0.39, 0.29) is 5.60 Å². The van der Waals surface area contributed by atoms with Crippen molar-refractivity contribution in [2.24, 2.45) is 0 Å². The molecule has 0 spiro atoms. The molecule has 78 valence electrons. The molecular formula is C10H12N4O. The summed E-state index contributed by atoms with van der Waals surface area (Å²) < 4.78 is 7.80. The summed E-state index contributed by atoms with van der Waals surface area (Å²) in [5.41, 5.74) is 0.711. The molecule has 0 amide bonds. The van der Waals surface area contributed by atoms with Gasteiger partial charge in [0, 0.05) is 25.5 Å². The molecule has 15 heavy (non-hydrogen) atoms. The molecule has 0 radical (unpaired) electrons. The van der Waals surface area contributed by atoms with Gasteiger partial charge in [-0.2, -0.15) is 0 Å². The Morgan fingerprint density at radius 2 is 2.33 bits per heavy atom. The minimum absolute atomic E-state index is 0.0980. The fraction of sp³-hybridized carbons (Fsp3) is 0.400. The molecule has 1 saturated heterocycles. The number of hydrogen-bond donors (Lipinski definition) is 1. The predicted octanol–water partition coefficient (Wildman–Crippen LogP) is 0.470. The van der Waals surface area contributed by atoms with Crippen molar-refractivity contribution in [3.63, 3.8) is 0 Å². The monoisotopic (exact) mass is 204 g/mol. The third kappa shape index (κ3) is 1.35. The average Bonchev–Trinajstić information content (AvgIpc) is 2.60. The van der Waals surface area contributed by atoms with Gasteiger partial charge in [0.2, 0.25) is 5.88 Å². The van der Waals surface area contributed by atoms with Crippen molar-refractivity contribution < 1.29 is 4.74 Å². The lowest BCUT2D eigenvalue weighted by atomic mass is 10.0. The van der Waals surface area contributed by atoms with Crippen LogP contribution in [0.1, 0.15) is 6.92 Å². The van der Waals surface area contributed by atoms with E-state index in [4.69, 9.17) is 4.74 Å². The van der Waals surface area contributed by atoms with E-state index in [1.54, 1.807) is 18.6 Å². The van der Waals surface area contributed by atoms with Crippen molar-refractivity contribution in [2.75, 3.05) is 13.1 Å². The molecule has 3 rings (SSSR count). The van der Waals surface area contributed by atoms with Gasteiger partial charge in [0.1, 0.15) is 5.60 Å². The fourth-order valence-corrected chi connectivity index (χ4v) is 1.70. The van der Waals surface area contributed by atoms with Crippen LogP contribution in [0.4, 0.5) is 0 Å². The van der Waals surface area contributed by atoms with Crippen LogP contribution in [-0.4, -0.2) is 33.1 Å². The first-order valence-electron chi connectivity index (χ1n) is 4.94. The van der Waals surface area contributed by atoms with Crippen LogP contribution < -0.4 is 10.1 Å². The quantitative estimate of drug-likeness (QED) is 0.772. The van der Waals surface area contributed by atoms with E-state index in [2.05, 4.69) is 22.2 Å². The molecule has 0 aliphatic carbocycles. The van der Waals surface area contributed by atoms with Crippen LogP contribution in [0.3, 0.4) is 0 Å². The van der Waals surface area contributed by atoms with Gasteiger partial charge in [-0.1, -0.05) is 0 Å². The zero-order valence-electron chi connectivity index (χ0n) is 8.47. The van der Waals surface area contributed by atoms with Crippen molar-refractivity contribution in [1.29, 1.82) is 0 Å². The van der Waals surface area contributed by atoms with Gasteiger partial charge < -0.3 is 10.1 Å². The molecule has 5 nitrogen and oxygen atoms in total. The minimum atomic E-state index is -0.0980. The lowest BCUT2D eigenvalue weighted by Crippen LogP contribution is -2.61. The summed E-state index contributed by atoms with van der Waals surface area (Å²) in [6, 6.07) is 0. The van der Waals surface area contributed by atoms with Gasteiger partial charge in [0.05, 0.1) is 12.4 Å². The van der Waals surface area contributed by atoms with Gasteiger partial charge in [0.25, 0.3) is 0 Å². The van der Waals surface area contributed by atoms with Gasteiger partial charge >= 0.3 is 0 Å². The van der Waals surface area contributed by atoms with Crippen LogP contribution >= 0.6 is 0 Å². The Labute approximate surface area is 87.1 Å². The largest absolute Gasteiger partial charge is 0.468 e. The van der Waals surface area contributed by atoms with E-state index in [0.29, 0.717) is 0 Å². The van der Waals surface area contributed by atoms with Crippen molar-refractivity contribution in [3.8, 4) is 5.88 Å². The second kappa shape index (κ2) is 2.93. The molecule has 0 aromatic carbocycles. The van der Waals surface area contributed by atoms with Crippen molar-refractivity contribution in [2.45, 2.75) is 12.5 Å². The first kappa shape index (κ1) is 8.67. The van der Waals surface area contributed by atoms with Crippen molar-refractivity contribution in [1.82, 2.24) is 19.7 Å². The number of aromatic nitrogens is 3. The number of fused-ring (bicyclic) bond motifs is 1. The molecule has 1 aliphatic rings. The predicted molar refractivity (Wildman–Crippen MR) is 54.9 cm³/mol. The molecule has 1 aliphatic heterocycles. The Kier molecular flexibility index (Phi) is 1.70. The van der Waals surface area contributed by atoms with Gasteiger partial charge in [-0.05, 0) is 6.92 Å². The third-order valence-electron chi connectivity index (χ3n) is 2.63. The van der Waals surface area contributed by atoms with Crippen LogP contribution in [0.5, 0.6) is 5.88 Å². The summed E-state index contributed by atoms with van der Waals surface area (Å²) in [5.74, 6) is 0.774. The van der Waals surface area contributed by atoms with Crippen LogP contribution in [-0.2, 0) is 0 Å². The SMILES string of the molecule is CC1(Oc2cnc3cnccn23)CNC1. The molecule has 3 heterocycles. The molecule has 5 heteroatoms. The Bertz CT molecular complexity index is 489. The number of imidazole rings is 1. The molecule has 0 saturated carbocycles. The first-order chi connectivity index (χ1) is 7.27. The van der Waals surface area contributed by atoms with Gasteiger partial charge in [-0.3, -0.25) is 9.38 Å². The molecule has 2 aromatic rings. The number of rotatable bonds is 2.